The summed E-state index contributed by atoms with van der Waals surface area (Å²) in [7, 11) is 0. The second-order valence-electron chi connectivity index (χ2n) is 9.12. The molecule has 0 aromatic heterocycles. The molecule has 198 valence electrons. The van der Waals surface area contributed by atoms with Gasteiger partial charge in [-0.2, -0.15) is 13.2 Å². The quantitative estimate of drug-likeness (QED) is 0.287. The van der Waals surface area contributed by atoms with Crippen LogP contribution in [0.15, 0.2) is 42.5 Å². The smallest absolute Gasteiger partial charge is 0.385 e. The lowest BCUT2D eigenvalue weighted by molar-refractivity contribution is -0.461. The van der Waals surface area contributed by atoms with Gasteiger partial charge in [-0.15, -0.1) is 12.4 Å². The number of ether oxygens (including phenoxy) is 2. The van der Waals surface area contributed by atoms with Crippen molar-refractivity contribution in [2.45, 2.75) is 56.5 Å². The Bertz CT molecular complexity index is 1090. The summed E-state index contributed by atoms with van der Waals surface area (Å²) in [4.78, 5) is 12.7. The highest BCUT2D eigenvalue weighted by molar-refractivity contribution is 5.85. The highest BCUT2D eigenvalue weighted by Gasteiger charge is 2.47. The molecule has 2 aliphatic heterocycles. The number of hydrogen-bond donors (Lipinski definition) is 1. The van der Waals surface area contributed by atoms with E-state index < -0.39 is 45.8 Å². The molecule has 2 heterocycles. The Labute approximate surface area is 211 Å². The molecule has 0 spiro atoms. The number of hydrogen-bond acceptors (Lipinski definition) is 6. The Kier molecular flexibility index (Phi) is 8.31. The Hall–Kier alpha value is -2.31. The zero-order valence-electron chi connectivity index (χ0n) is 19.5. The first kappa shape index (κ1) is 28.3. The number of aliphatic hydroxyl groups is 1. The number of nitrogens with zero attached hydrogens (tertiary/aromatic N) is 2. The second kappa shape index (κ2) is 10.6. The van der Waals surface area contributed by atoms with Crippen molar-refractivity contribution in [3.63, 3.8) is 0 Å². The van der Waals surface area contributed by atoms with E-state index in [9.17, 15) is 32.8 Å². The van der Waals surface area contributed by atoms with E-state index in [0.29, 0.717) is 45.3 Å². The molecule has 4 rings (SSSR count). The van der Waals surface area contributed by atoms with Crippen LogP contribution in [-0.4, -0.2) is 40.9 Å². The average Bonchev–Trinajstić information content (AvgIpc) is 2.78. The van der Waals surface area contributed by atoms with Gasteiger partial charge >= 0.3 is 6.18 Å². The lowest BCUT2D eigenvalue weighted by atomic mass is 9.83. The van der Waals surface area contributed by atoms with E-state index >= 15 is 0 Å². The summed E-state index contributed by atoms with van der Waals surface area (Å²) in [6.45, 7) is 3.27. The van der Waals surface area contributed by atoms with Crippen molar-refractivity contribution in [3.8, 4) is 0 Å². The lowest BCUT2D eigenvalue weighted by Gasteiger charge is -2.45. The minimum atomic E-state index is -4.46. The Morgan fingerprint density at radius 3 is 2.44 bits per heavy atom. The maximum Gasteiger partial charge on any atom is 0.416 e. The molecule has 0 atom stereocenters. The third-order valence-corrected chi connectivity index (χ3v) is 6.68. The topological polar surface area (TPSA) is 85.1 Å². The highest BCUT2D eigenvalue weighted by Crippen LogP contribution is 2.44. The fourth-order valence-corrected chi connectivity index (χ4v) is 4.70. The van der Waals surface area contributed by atoms with Gasteiger partial charge in [0.2, 0.25) is 5.79 Å². The molecule has 2 fully saturated rings. The van der Waals surface area contributed by atoms with Crippen molar-refractivity contribution in [3.05, 3.63) is 75.1 Å². The summed E-state index contributed by atoms with van der Waals surface area (Å²) in [5, 5.41) is 22.2. The summed E-state index contributed by atoms with van der Waals surface area (Å²) in [6.07, 6.45) is -3.17. The number of halogens is 5. The fraction of sp³-hybridized carbons (Fsp3) is 0.500. The van der Waals surface area contributed by atoms with E-state index in [1.807, 2.05) is 0 Å². The van der Waals surface area contributed by atoms with Crippen LogP contribution in [0.4, 0.5) is 23.2 Å². The van der Waals surface area contributed by atoms with E-state index in [-0.39, 0.29) is 23.5 Å². The Morgan fingerprint density at radius 1 is 1.17 bits per heavy atom. The largest absolute Gasteiger partial charge is 0.416 e. The minimum absolute atomic E-state index is 0. The molecule has 0 aliphatic carbocycles. The molecule has 0 saturated carbocycles. The molecular weight excluding hydrogens is 508 g/mol. The molecule has 0 bridgehead atoms. The normalized spacial score (nSPS) is 24.0. The van der Waals surface area contributed by atoms with Crippen molar-refractivity contribution < 1.29 is 37.1 Å². The van der Waals surface area contributed by atoms with Crippen molar-refractivity contribution in [1.29, 1.82) is 0 Å². The molecule has 7 nitrogen and oxygen atoms in total. The molecule has 2 aromatic rings. The van der Waals surface area contributed by atoms with Crippen molar-refractivity contribution in [2.24, 2.45) is 0 Å². The first-order valence-corrected chi connectivity index (χ1v) is 11.3. The molecule has 1 N–H and O–H groups in total. The highest BCUT2D eigenvalue weighted by atomic mass is 35.5. The predicted octanol–water partition coefficient (Wildman–Crippen LogP) is 5.48. The summed E-state index contributed by atoms with van der Waals surface area (Å²) < 4.78 is 64.0. The molecule has 0 amide bonds. The van der Waals surface area contributed by atoms with Crippen molar-refractivity contribution in [1.82, 2.24) is 4.90 Å². The molecule has 2 saturated heterocycles. The predicted molar refractivity (Wildman–Crippen MR) is 124 cm³/mol. The van der Waals surface area contributed by atoms with Crippen molar-refractivity contribution in [2.75, 3.05) is 19.6 Å². The van der Waals surface area contributed by atoms with Gasteiger partial charge in [0.15, 0.2) is 6.29 Å². The van der Waals surface area contributed by atoms with E-state index in [4.69, 9.17) is 9.47 Å². The van der Waals surface area contributed by atoms with E-state index in [2.05, 4.69) is 4.90 Å². The molecule has 12 heteroatoms. The second-order valence-corrected chi connectivity index (χ2v) is 9.12. The number of nitro benzene ring substituents is 1. The number of rotatable bonds is 7. The van der Waals surface area contributed by atoms with Crippen LogP contribution < -0.4 is 0 Å². The minimum Gasteiger partial charge on any atom is -0.385 e. The summed E-state index contributed by atoms with van der Waals surface area (Å²) >= 11 is 0. The molecule has 0 unspecified atom stereocenters. The van der Waals surface area contributed by atoms with Gasteiger partial charge in [-0.25, -0.2) is 4.39 Å². The molecule has 2 aromatic carbocycles. The van der Waals surface area contributed by atoms with E-state index in [0.717, 1.165) is 24.3 Å². The standard InChI is InChI=1S/C24H26F4N2O5.ClH/c1-22(19-8-7-18(25)15-20(19)30(32)33)34-21(35-22)6-3-11-29-12-9-23(31,10-13-29)16-4-2-5-17(14-16)24(26,27)28;/h2,4-5,7-8,14-15,21,31H,3,6,9-13H2,1H3;1H. The number of alkyl halides is 3. The maximum absolute atomic E-state index is 13.4. The Balaban J connectivity index is 0.00000361. The first-order chi connectivity index (χ1) is 16.4. The lowest BCUT2D eigenvalue weighted by Crippen LogP contribution is -2.49. The number of piperidine rings is 1. The number of likely N-dealkylation sites (tertiary alicyclic amines) is 1. The van der Waals surface area contributed by atoms with E-state index in [1.165, 1.54) is 18.2 Å². The summed E-state index contributed by atoms with van der Waals surface area (Å²) in [5.74, 6) is -2.05. The van der Waals surface area contributed by atoms with Crippen LogP contribution in [0.5, 0.6) is 0 Å². The zero-order chi connectivity index (χ0) is 25.4. The van der Waals surface area contributed by atoms with Crippen molar-refractivity contribution >= 4 is 18.1 Å². The summed E-state index contributed by atoms with van der Waals surface area (Å²) in [6, 6.07) is 8.08. The van der Waals surface area contributed by atoms with Crippen LogP contribution in [0.2, 0.25) is 0 Å². The average molecular weight is 535 g/mol. The molecular formula is C24H27ClF4N2O5. The van der Waals surface area contributed by atoms with Gasteiger partial charge in [-0.3, -0.25) is 10.1 Å². The third kappa shape index (κ3) is 5.97. The van der Waals surface area contributed by atoms with E-state index in [1.54, 1.807) is 6.92 Å². The van der Waals surface area contributed by atoms with Crippen LogP contribution in [0.3, 0.4) is 0 Å². The van der Waals surface area contributed by atoms with Gasteiger partial charge in [-0.05, 0) is 69.0 Å². The van der Waals surface area contributed by atoms with Gasteiger partial charge < -0.3 is 19.5 Å². The monoisotopic (exact) mass is 534 g/mol. The van der Waals surface area contributed by atoms with Gasteiger partial charge in [0.25, 0.3) is 5.69 Å². The third-order valence-electron chi connectivity index (χ3n) is 6.68. The van der Waals surface area contributed by atoms with Crippen LogP contribution in [0.1, 0.15) is 49.3 Å². The Morgan fingerprint density at radius 2 is 1.83 bits per heavy atom. The fourth-order valence-electron chi connectivity index (χ4n) is 4.70. The SMILES string of the molecule is CC1(c2ccc(F)cc2[N+](=O)[O-])OC(CCCN2CCC(O)(c3cccc(C(F)(F)F)c3)CC2)O1.Cl. The van der Waals surface area contributed by atoms with Gasteiger partial charge in [0.1, 0.15) is 5.82 Å². The van der Waals surface area contributed by atoms with Crippen LogP contribution in [-0.2, 0) is 27.0 Å². The number of nitro groups is 1. The van der Waals surface area contributed by atoms with Gasteiger partial charge in [-0.1, -0.05) is 12.1 Å². The zero-order valence-corrected chi connectivity index (χ0v) is 20.3. The first-order valence-electron chi connectivity index (χ1n) is 11.3. The molecule has 36 heavy (non-hydrogen) atoms. The van der Waals surface area contributed by atoms with Gasteiger partial charge in [0.05, 0.1) is 27.7 Å². The number of benzene rings is 2. The summed E-state index contributed by atoms with van der Waals surface area (Å²) in [5.41, 5.74) is -2.07. The van der Waals surface area contributed by atoms with Crippen LogP contribution in [0.25, 0.3) is 0 Å². The van der Waals surface area contributed by atoms with Crippen LogP contribution >= 0.6 is 12.4 Å². The maximum atomic E-state index is 13.4. The van der Waals surface area contributed by atoms with Gasteiger partial charge in [0, 0.05) is 13.1 Å². The molecule has 2 aliphatic rings. The van der Waals surface area contributed by atoms with Crippen LogP contribution in [0, 0.1) is 15.9 Å². The molecule has 0 radical (unpaired) electrons.